The van der Waals surface area contributed by atoms with Gasteiger partial charge in [-0.25, -0.2) is 0 Å². The minimum Gasteiger partial charge on any atom is -0.461 e. The average Bonchev–Trinajstić information content (AvgIpc) is 3.00. The third-order valence-electron chi connectivity index (χ3n) is 3.72. The van der Waals surface area contributed by atoms with E-state index in [1.165, 1.54) is 0 Å². The second kappa shape index (κ2) is 7.41. The molecule has 0 spiro atoms. The number of nitrogens with zero attached hydrogens (tertiary/aromatic N) is 1. The van der Waals surface area contributed by atoms with Gasteiger partial charge in [0.05, 0.1) is 12.5 Å². The molecule has 2 unspecified atom stereocenters. The molecule has 1 fully saturated rings. The van der Waals surface area contributed by atoms with Gasteiger partial charge in [0.25, 0.3) is 0 Å². The summed E-state index contributed by atoms with van der Waals surface area (Å²) in [6, 6.07) is 10.2. The molecule has 20 heavy (non-hydrogen) atoms. The third kappa shape index (κ3) is 4.32. The smallest absolute Gasteiger partial charge is 0.310 e. The quantitative estimate of drug-likeness (QED) is 0.746. The maximum Gasteiger partial charge on any atom is 0.310 e. The highest BCUT2D eigenvalue weighted by atomic mass is 16.5. The average molecular weight is 277 g/mol. The zero-order valence-corrected chi connectivity index (χ0v) is 12.2. The molecule has 4 nitrogen and oxygen atoms in total. The van der Waals surface area contributed by atoms with Crippen molar-refractivity contribution in [1.29, 1.82) is 0 Å². The molecule has 1 aliphatic heterocycles. The van der Waals surface area contributed by atoms with Gasteiger partial charge < -0.3 is 14.4 Å². The zero-order chi connectivity index (χ0) is 14.4. The van der Waals surface area contributed by atoms with E-state index in [9.17, 15) is 4.79 Å². The van der Waals surface area contributed by atoms with Crippen LogP contribution in [0.2, 0.25) is 0 Å². The van der Waals surface area contributed by atoms with Gasteiger partial charge in [-0.3, -0.25) is 4.79 Å². The highest BCUT2D eigenvalue weighted by Crippen LogP contribution is 2.13. The minimum atomic E-state index is -0.139. The molecule has 110 valence electrons. The lowest BCUT2D eigenvalue weighted by molar-refractivity contribution is -0.150. The van der Waals surface area contributed by atoms with Crippen LogP contribution in [0.15, 0.2) is 30.3 Å². The highest BCUT2D eigenvalue weighted by Gasteiger charge is 2.24. The van der Waals surface area contributed by atoms with Gasteiger partial charge in [-0.15, -0.1) is 0 Å². The molecule has 1 aromatic carbocycles. The van der Waals surface area contributed by atoms with Gasteiger partial charge in [0, 0.05) is 19.2 Å². The second-order valence-corrected chi connectivity index (χ2v) is 5.45. The Morgan fingerprint density at radius 1 is 1.45 bits per heavy atom. The van der Waals surface area contributed by atoms with Crippen molar-refractivity contribution in [2.45, 2.75) is 26.0 Å². The van der Waals surface area contributed by atoms with E-state index in [0.29, 0.717) is 19.2 Å². The van der Waals surface area contributed by atoms with Gasteiger partial charge in [-0.1, -0.05) is 37.3 Å². The van der Waals surface area contributed by atoms with Crippen LogP contribution in [0, 0.1) is 5.92 Å². The molecule has 1 saturated heterocycles. The Labute approximate surface area is 120 Å². The molecule has 2 atom stereocenters. The maximum absolute atomic E-state index is 12.0. The molecule has 0 saturated carbocycles. The Bertz CT molecular complexity index is 415. The largest absolute Gasteiger partial charge is 0.461 e. The zero-order valence-electron chi connectivity index (χ0n) is 12.2. The molecular weight excluding hydrogens is 254 g/mol. The first-order valence-electron chi connectivity index (χ1n) is 7.15. The van der Waals surface area contributed by atoms with Crippen LogP contribution >= 0.6 is 0 Å². The summed E-state index contributed by atoms with van der Waals surface area (Å²) < 4.78 is 10.7. The molecule has 0 aromatic heterocycles. The van der Waals surface area contributed by atoms with Crippen molar-refractivity contribution in [3.8, 4) is 0 Å². The van der Waals surface area contributed by atoms with Crippen molar-refractivity contribution in [3.05, 3.63) is 35.9 Å². The first-order chi connectivity index (χ1) is 9.66. The van der Waals surface area contributed by atoms with Crippen molar-refractivity contribution in [1.82, 2.24) is 4.90 Å². The molecular formula is C16H23NO3. The Kier molecular flexibility index (Phi) is 5.56. The maximum atomic E-state index is 12.0. The first-order valence-corrected chi connectivity index (χ1v) is 7.15. The lowest BCUT2D eigenvalue weighted by Crippen LogP contribution is -2.37. The highest BCUT2D eigenvalue weighted by molar-refractivity contribution is 5.72. The van der Waals surface area contributed by atoms with Crippen LogP contribution in [0.25, 0.3) is 0 Å². The normalized spacial score (nSPS) is 20.1. The van der Waals surface area contributed by atoms with Crippen LogP contribution < -0.4 is 0 Å². The van der Waals surface area contributed by atoms with Crippen molar-refractivity contribution in [2.24, 2.45) is 5.92 Å². The standard InChI is InChI=1S/C16H23NO3/c1-13(10-17(2)15-8-9-19-12-15)16(18)20-11-14-6-4-3-5-7-14/h3-7,13,15H,8-12H2,1-2H3. The number of hydrogen-bond acceptors (Lipinski definition) is 4. The predicted octanol–water partition coefficient (Wildman–Crippen LogP) is 2.09. The van der Waals surface area contributed by atoms with Gasteiger partial charge >= 0.3 is 5.97 Å². The monoisotopic (exact) mass is 277 g/mol. The van der Waals surface area contributed by atoms with Crippen LogP contribution in [-0.4, -0.2) is 43.7 Å². The van der Waals surface area contributed by atoms with Crippen LogP contribution in [-0.2, 0) is 20.9 Å². The van der Waals surface area contributed by atoms with Gasteiger partial charge in [-0.05, 0) is 19.0 Å². The SMILES string of the molecule is CC(CN(C)C1CCOC1)C(=O)OCc1ccccc1. The summed E-state index contributed by atoms with van der Waals surface area (Å²) in [5.74, 6) is -0.260. The van der Waals surface area contributed by atoms with E-state index in [-0.39, 0.29) is 11.9 Å². The van der Waals surface area contributed by atoms with E-state index < -0.39 is 0 Å². The summed E-state index contributed by atoms with van der Waals surface area (Å²) in [5, 5.41) is 0. The number of hydrogen-bond donors (Lipinski definition) is 0. The molecule has 0 radical (unpaired) electrons. The number of rotatable bonds is 6. The van der Waals surface area contributed by atoms with Gasteiger partial charge in [0.1, 0.15) is 6.61 Å². The fourth-order valence-corrected chi connectivity index (χ4v) is 2.40. The molecule has 4 heteroatoms. The number of ether oxygens (including phenoxy) is 2. The van der Waals surface area contributed by atoms with Gasteiger partial charge in [-0.2, -0.15) is 0 Å². The Hall–Kier alpha value is -1.39. The van der Waals surface area contributed by atoms with Crippen LogP contribution in [0.1, 0.15) is 18.9 Å². The summed E-state index contributed by atoms with van der Waals surface area (Å²) in [7, 11) is 2.04. The van der Waals surface area contributed by atoms with Gasteiger partial charge in [0.2, 0.25) is 0 Å². The Morgan fingerprint density at radius 2 is 2.20 bits per heavy atom. The molecule has 1 aliphatic rings. The van der Waals surface area contributed by atoms with Crippen molar-refractivity contribution < 1.29 is 14.3 Å². The lowest BCUT2D eigenvalue weighted by Gasteiger charge is -2.25. The molecule has 1 aromatic rings. The molecule has 1 heterocycles. The topological polar surface area (TPSA) is 38.8 Å². The summed E-state index contributed by atoms with van der Waals surface area (Å²) in [6.45, 7) is 4.56. The number of esters is 1. The minimum absolute atomic E-state index is 0.121. The van der Waals surface area contributed by atoms with Crippen LogP contribution in [0.4, 0.5) is 0 Å². The Balaban J connectivity index is 1.74. The number of benzene rings is 1. The van der Waals surface area contributed by atoms with Crippen molar-refractivity contribution >= 4 is 5.97 Å². The second-order valence-electron chi connectivity index (χ2n) is 5.45. The van der Waals surface area contributed by atoms with E-state index >= 15 is 0 Å². The Morgan fingerprint density at radius 3 is 2.85 bits per heavy atom. The summed E-state index contributed by atoms with van der Waals surface area (Å²) in [4.78, 5) is 14.2. The summed E-state index contributed by atoms with van der Waals surface area (Å²) in [5.41, 5.74) is 1.02. The van der Waals surface area contributed by atoms with Crippen molar-refractivity contribution in [3.63, 3.8) is 0 Å². The number of carbonyl (C=O) groups is 1. The van der Waals surface area contributed by atoms with Gasteiger partial charge in [0.15, 0.2) is 0 Å². The van der Waals surface area contributed by atoms with Crippen molar-refractivity contribution in [2.75, 3.05) is 26.8 Å². The molecule has 0 aliphatic carbocycles. The lowest BCUT2D eigenvalue weighted by atomic mass is 10.1. The van der Waals surface area contributed by atoms with E-state index in [4.69, 9.17) is 9.47 Å². The van der Waals surface area contributed by atoms with Crippen LogP contribution in [0.3, 0.4) is 0 Å². The number of carbonyl (C=O) groups excluding carboxylic acids is 1. The van der Waals surface area contributed by atoms with E-state index in [1.54, 1.807) is 0 Å². The van der Waals surface area contributed by atoms with E-state index in [2.05, 4.69) is 4.90 Å². The summed E-state index contributed by atoms with van der Waals surface area (Å²) in [6.07, 6.45) is 1.04. The fraction of sp³-hybridized carbons (Fsp3) is 0.562. The van der Waals surface area contributed by atoms with E-state index in [0.717, 1.165) is 25.2 Å². The number of likely N-dealkylation sites (N-methyl/N-ethyl adjacent to an activating group) is 1. The molecule has 0 bridgehead atoms. The molecule has 0 amide bonds. The molecule has 0 N–H and O–H groups in total. The predicted molar refractivity (Wildman–Crippen MR) is 77.3 cm³/mol. The third-order valence-corrected chi connectivity index (χ3v) is 3.72. The van der Waals surface area contributed by atoms with E-state index in [1.807, 2.05) is 44.3 Å². The molecule has 2 rings (SSSR count). The first kappa shape index (κ1) is 15.0. The fourth-order valence-electron chi connectivity index (χ4n) is 2.40. The van der Waals surface area contributed by atoms with Crippen LogP contribution in [0.5, 0.6) is 0 Å². The summed E-state index contributed by atoms with van der Waals surface area (Å²) >= 11 is 0.